The van der Waals surface area contributed by atoms with Crippen LogP contribution in [0.2, 0.25) is 0 Å². The average Bonchev–Trinajstić information content (AvgIpc) is 3.22. The quantitative estimate of drug-likeness (QED) is 0.877. The van der Waals surface area contributed by atoms with E-state index in [1.807, 2.05) is 26.0 Å². The lowest BCUT2D eigenvalue weighted by Crippen LogP contribution is -2.15. The summed E-state index contributed by atoms with van der Waals surface area (Å²) < 4.78 is 11.0. The van der Waals surface area contributed by atoms with Gasteiger partial charge in [0.15, 0.2) is 0 Å². The SMILES string of the molecule is Cc1noc(C)c1COc1cccc(CNC2CC2)c1. The Balaban J connectivity index is 1.60. The predicted octanol–water partition coefficient (Wildman–Crippen LogP) is 3.12. The van der Waals surface area contributed by atoms with E-state index in [1.54, 1.807) is 0 Å². The molecule has 1 aliphatic rings. The molecule has 4 nitrogen and oxygen atoms in total. The van der Waals surface area contributed by atoms with Crippen molar-refractivity contribution in [2.45, 2.75) is 45.9 Å². The Morgan fingerprint density at radius 1 is 1.35 bits per heavy atom. The van der Waals surface area contributed by atoms with E-state index in [1.165, 1.54) is 18.4 Å². The maximum absolute atomic E-state index is 5.85. The van der Waals surface area contributed by atoms with Crippen molar-refractivity contribution in [2.24, 2.45) is 0 Å². The van der Waals surface area contributed by atoms with E-state index in [-0.39, 0.29) is 0 Å². The van der Waals surface area contributed by atoms with E-state index in [2.05, 4.69) is 22.6 Å². The van der Waals surface area contributed by atoms with Gasteiger partial charge in [0.2, 0.25) is 0 Å². The van der Waals surface area contributed by atoms with Crippen LogP contribution in [0.25, 0.3) is 0 Å². The first-order valence-electron chi connectivity index (χ1n) is 7.09. The number of nitrogens with zero attached hydrogens (tertiary/aromatic N) is 1. The highest BCUT2D eigenvalue weighted by Gasteiger charge is 2.19. The van der Waals surface area contributed by atoms with Gasteiger partial charge in [-0.1, -0.05) is 17.3 Å². The van der Waals surface area contributed by atoms with Crippen molar-refractivity contribution in [2.75, 3.05) is 0 Å². The molecule has 106 valence electrons. The van der Waals surface area contributed by atoms with Gasteiger partial charge in [0.25, 0.3) is 0 Å². The van der Waals surface area contributed by atoms with Crippen LogP contribution in [0.5, 0.6) is 5.75 Å². The molecule has 0 spiro atoms. The van der Waals surface area contributed by atoms with Gasteiger partial charge < -0.3 is 14.6 Å². The molecule has 1 heterocycles. The second kappa shape index (κ2) is 5.67. The standard InChI is InChI=1S/C16H20N2O2/c1-11-16(12(2)20-18-11)10-19-15-5-3-4-13(8-15)9-17-14-6-7-14/h3-5,8,14,17H,6-7,9-10H2,1-2H3. The van der Waals surface area contributed by atoms with Crippen molar-refractivity contribution in [1.29, 1.82) is 0 Å². The average molecular weight is 272 g/mol. The van der Waals surface area contributed by atoms with E-state index >= 15 is 0 Å². The van der Waals surface area contributed by atoms with E-state index in [0.29, 0.717) is 6.61 Å². The molecule has 0 saturated heterocycles. The molecule has 0 unspecified atom stereocenters. The van der Waals surface area contributed by atoms with Crippen LogP contribution in [0.15, 0.2) is 28.8 Å². The number of ether oxygens (including phenoxy) is 1. The Morgan fingerprint density at radius 2 is 2.20 bits per heavy atom. The van der Waals surface area contributed by atoms with Gasteiger partial charge in [-0.3, -0.25) is 0 Å². The fourth-order valence-corrected chi connectivity index (χ4v) is 2.16. The van der Waals surface area contributed by atoms with Crippen LogP contribution in [0.1, 0.15) is 35.4 Å². The molecule has 1 aromatic heterocycles. The van der Waals surface area contributed by atoms with Gasteiger partial charge in [-0.05, 0) is 44.4 Å². The highest BCUT2D eigenvalue weighted by Crippen LogP contribution is 2.21. The molecular formula is C16H20N2O2. The minimum atomic E-state index is 0.501. The number of benzene rings is 1. The van der Waals surface area contributed by atoms with Gasteiger partial charge >= 0.3 is 0 Å². The number of hydrogen-bond donors (Lipinski definition) is 1. The fourth-order valence-electron chi connectivity index (χ4n) is 2.16. The molecule has 0 aliphatic heterocycles. The first-order valence-corrected chi connectivity index (χ1v) is 7.09. The van der Waals surface area contributed by atoms with Crippen LogP contribution >= 0.6 is 0 Å². The molecule has 1 aromatic carbocycles. The number of nitrogens with one attached hydrogen (secondary N) is 1. The summed E-state index contributed by atoms with van der Waals surface area (Å²) in [5.41, 5.74) is 3.19. The lowest BCUT2D eigenvalue weighted by molar-refractivity contribution is 0.301. The van der Waals surface area contributed by atoms with Gasteiger partial charge in [0.1, 0.15) is 18.1 Å². The first kappa shape index (κ1) is 13.2. The molecule has 1 aliphatic carbocycles. The summed E-state index contributed by atoms with van der Waals surface area (Å²) >= 11 is 0. The molecule has 1 fully saturated rings. The highest BCUT2D eigenvalue weighted by atomic mass is 16.5. The molecule has 0 bridgehead atoms. The Hall–Kier alpha value is -1.81. The number of aryl methyl sites for hydroxylation is 2. The number of aromatic nitrogens is 1. The molecule has 20 heavy (non-hydrogen) atoms. The van der Waals surface area contributed by atoms with Crippen LogP contribution in [0.3, 0.4) is 0 Å². The van der Waals surface area contributed by atoms with Gasteiger partial charge in [0, 0.05) is 12.6 Å². The largest absolute Gasteiger partial charge is 0.489 e. The van der Waals surface area contributed by atoms with Crippen LogP contribution in [0, 0.1) is 13.8 Å². The lowest BCUT2D eigenvalue weighted by atomic mass is 10.2. The monoisotopic (exact) mass is 272 g/mol. The molecule has 4 heteroatoms. The molecule has 1 N–H and O–H groups in total. The summed E-state index contributed by atoms with van der Waals surface area (Å²) in [7, 11) is 0. The predicted molar refractivity (Wildman–Crippen MR) is 76.6 cm³/mol. The smallest absolute Gasteiger partial charge is 0.140 e. The minimum absolute atomic E-state index is 0.501. The summed E-state index contributed by atoms with van der Waals surface area (Å²) in [6.07, 6.45) is 2.62. The van der Waals surface area contributed by atoms with Gasteiger partial charge in [-0.2, -0.15) is 0 Å². The van der Waals surface area contributed by atoms with E-state index < -0.39 is 0 Å². The van der Waals surface area contributed by atoms with Crippen LogP contribution in [-0.2, 0) is 13.2 Å². The van der Waals surface area contributed by atoms with Crippen LogP contribution in [0.4, 0.5) is 0 Å². The van der Waals surface area contributed by atoms with E-state index in [0.717, 1.165) is 35.4 Å². The Kier molecular flexibility index (Phi) is 3.74. The Labute approximate surface area is 119 Å². The first-order chi connectivity index (χ1) is 9.72. The lowest BCUT2D eigenvalue weighted by Gasteiger charge is -2.08. The summed E-state index contributed by atoms with van der Waals surface area (Å²) in [5.74, 6) is 1.72. The molecule has 3 rings (SSSR count). The molecule has 0 radical (unpaired) electrons. The van der Waals surface area contributed by atoms with Crippen molar-refractivity contribution in [1.82, 2.24) is 10.5 Å². The van der Waals surface area contributed by atoms with E-state index in [4.69, 9.17) is 9.26 Å². The topological polar surface area (TPSA) is 47.3 Å². The summed E-state index contributed by atoms with van der Waals surface area (Å²) in [5, 5.41) is 7.44. The Bertz CT molecular complexity index is 568. The molecular weight excluding hydrogens is 252 g/mol. The van der Waals surface area contributed by atoms with Crippen LogP contribution in [-0.4, -0.2) is 11.2 Å². The molecule has 0 atom stereocenters. The van der Waals surface area contributed by atoms with Crippen molar-refractivity contribution < 1.29 is 9.26 Å². The van der Waals surface area contributed by atoms with Crippen molar-refractivity contribution >= 4 is 0 Å². The molecule has 2 aromatic rings. The van der Waals surface area contributed by atoms with Gasteiger partial charge in [-0.15, -0.1) is 0 Å². The van der Waals surface area contributed by atoms with Gasteiger partial charge in [0.05, 0.1) is 11.3 Å². The summed E-state index contributed by atoms with van der Waals surface area (Å²) in [6, 6.07) is 8.96. The third-order valence-corrected chi connectivity index (χ3v) is 3.64. The summed E-state index contributed by atoms with van der Waals surface area (Å²) in [4.78, 5) is 0. The molecule has 0 amide bonds. The third kappa shape index (κ3) is 3.20. The summed E-state index contributed by atoms with van der Waals surface area (Å²) in [6.45, 7) is 5.26. The van der Waals surface area contributed by atoms with E-state index in [9.17, 15) is 0 Å². The third-order valence-electron chi connectivity index (χ3n) is 3.64. The number of rotatable bonds is 6. The molecule has 1 saturated carbocycles. The van der Waals surface area contributed by atoms with Crippen molar-refractivity contribution in [3.8, 4) is 5.75 Å². The highest BCUT2D eigenvalue weighted by molar-refractivity contribution is 5.29. The second-order valence-corrected chi connectivity index (χ2v) is 5.39. The normalized spacial score (nSPS) is 14.5. The second-order valence-electron chi connectivity index (χ2n) is 5.39. The number of hydrogen-bond acceptors (Lipinski definition) is 4. The van der Waals surface area contributed by atoms with Crippen LogP contribution < -0.4 is 10.1 Å². The van der Waals surface area contributed by atoms with Crippen molar-refractivity contribution in [3.63, 3.8) is 0 Å². The maximum atomic E-state index is 5.85. The minimum Gasteiger partial charge on any atom is -0.489 e. The zero-order valence-electron chi connectivity index (χ0n) is 12.0. The van der Waals surface area contributed by atoms with Gasteiger partial charge in [-0.25, -0.2) is 0 Å². The zero-order valence-corrected chi connectivity index (χ0v) is 12.0. The Morgan fingerprint density at radius 3 is 2.90 bits per heavy atom. The fraction of sp³-hybridized carbons (Fsp3) is 0.438. The maximum Gasteiger partial charge on any atom is 0.140 e. The van der Waals surface area contributed by atoms with Crippen molar-refractivity contribution in [3.05, 3.63) is 46.8 Å². The zero-order chi connectivity index (χ0) is 13.9.